The van der Waals surface area contributed by atoms with Crippen LogP contribution in [0.5, 0.6) is 0 Å². The second-order valence-electron chi connectivity index (χ2n) is 3.11. The van der Waals surface area contributed by atoms with Gasteiger partial charge >= 0.3 is 68.8 Å². The molecule has 0 bridgehead atoms. The van der Waals surface area contributed by atoms with E-state index in [0.717, 1.165) is 13.0 Å². The Kier molecular flexibility index (Phi) is 3.31. The van der Waals surface area contributed by atoms with Crippen LogP contribution < -0.4 is 0 Å². The van der Waals surface area contributed by atoms with E-state index in [-0.39, 0.29) is 12.2 Å². The van der Waals surface area contributed by atoms with Gasteiger partial charge in [-0.05, 0) is 0 Å². The van der Waals surface area contributed by atoms with Crippen molar-refractivity contribution in [2.75, 3.05) is 6.61 Å². The molecule has 1 fully saturated rings. The SMILES string of the molecule is B=BO[C@H]1[C@H](C)OCC[C@@H]1C. The summed E-state index contributed by atoms with van der Waals surface area (Å²) in [5, 5.41) is 0. The molecule has 4 heteroatoms. The molecule has 1 aliphatic heterocycles. The number of ether oxygens (including phenoxy) is 1. The molecular formula is C7H14B2O2. The van der Waals surface area contributed by atoms with Crippen LogP contribution in [0, 0.1) is 5.92 Å². The van der Waals surface area contributed by atoms with Crippen molar-refractivity contribution in [3.8, 4) is 0 Å². The minimum atomic E-state index is 0.196. The minimum absolute atomic E-state index is 0.196. The first-order valence-electron chi connectivity index (χ1n) is 4.13. The van der Waals surface area contributed by atoms with Crippen LogP contribution in [0.25, 0.3) is 0 Å². The second-order valence-corrected chi connectivity index (χ2v) is 3.11. The zero-order chi connectivity index (χ0) is 8.27. The average Bonchev–Trinajstić information content (AvgIpc) is 1.97. The molecule has 1 aliphatic rings. The van der Waals surface area contributed by atoms with Crippen LogP contribution in [-0.2, 0) is 9.39 Å². The van der Waals surface area contributed by atoms with E-state index in [1.54, 1.807) is 0 Å². The van der Waals surface area contributed by atoms with Gasteiger partial charge in [-0.1, -0.05) is 0 Å². The summed E-state index contributed by atoms with van der Waals surface area (Å²) in [6.07, 6.45) is 1.49. The zero-order valence-corrected chi connectivity index (χ0v) is 7.25. The van der Waals surface area contributed by atoms with Crippen LogP contribution in [-0.4, -0.2) is 33.2 Å². The standard InChI is InChI=1S/C7H14B2O2/c1-5-3-4-10-6(2)7(5)11-9-8/h5-8H,3-4H2,1-2H3/t5-,6-,7+/m0/s1. The van der Waals surface area contributed by atoms with Crippen molar-refractivity contribution in [2.24, 2.45) is 5.92 Å². The van der Waals surface area contributed by atoms with Crippen LogP contribution in [0.3, 0.4) is 0 Å². The fourth-order valence-corrected chi connectivity index (χ4v) is 1.52. The van der Waals surface area contributed by atoms with Gasteiger partial charge in [0.25, 0.3) is 0 Å². The molecule has 0 amide bonds. The quantitative estimate of drug-likeness (QED) is 0.528. The van der Waals surface area contributed by atoms with E-state index in [9.17, 15) is 0 Å². The molecule has 0 saturated carbocycles. The molecule has 0 aromatic carbocycles. The maximum atomic E-state index is 5.44. The van der Waals surface area contributed by atoms with E-state index in [1.165, 1.54) is 7.00 Å². The van der Waals surface area contributed by atoms with Gasteiger partial charge in [0.2, 0.25) is 0 Å². The molecule has 3 atom stereocenters. The summed E-state index contributed by atoms with van der Waals surface area (Å²) in [6.45, 7) is 5.09. The fraction of sp³-hybridized carbons (Fsp3) is 1.00. The Bertz CT molecular complexity index is 130. The Balaban J connectivity index is 2.47. The predicted molar refractivity (Wildman–Crippen MR) is 47.0 cm³/mol. The Labute approximate surface area is 69.6 Å². The van der Waals surface area contributed by atoms with Crippen molar-refractivity contribution in [1.29, 1.82) is 0 Å². The maximum absolute atomic E-state index is 5.44. The van der Waals surface area contributed by atoms with E-state index in [0.29, 0.717) is 5.92 Å². The van der Waals surface area contributed by atoms with Gasteiger partial charge in [0.05, 0.1) is 0 Å². The van der Waals surface area contributed by atoms with E-state index in [4.69, 9.17) is 9.39 Å². The Hall–Kier alpha value is -0.110. The first-order valence-corrected chi connectivity index (χ1v) is 4.13. The molecule has 0 radical (unpaired) electrons. The summed E-state index contributed by atoms with van der Waals surface area (Å²) < 4.78 is 10.8. The van der Waals surface area contributed by atoms with Crippen LogP contribution >= 0.6 is 0 Å². The van der Waals surface area contributed by atoms with Gasteiger partial charge in [-0.25, -0.2) is 0 Å². The number of rotatable bonds is 2. The molecule has 2 nitrogen and oxygen atoms in total. The number of hydrogen-bond donors (Lipinski definition) is 0. The summed E-state index contributed by atoms with van der Waals surface area (Å²) in [5.41, 5.74) is 0. The molecule has 0 aliphatic carbocycles. The molecule has 1 rings (SSSR count). The third-order valence-corrected chi connectivity index (χ3v) is 2.23. The van der Waals surface area contributed by atoms with Crippen molar-refractivity contribution in [2.45, 2.75) is 32.5 Å². The molecule has 0 unspecified atom stereocenters. The van der Waals surface area contributed by atoms with Gasteiger partial charge in [0, 0.05) is 0 Å². The topological polar surface area (TPSA) is 18.5 Å². The van der Waals surface area contributed by atoms with Gasteiger partial charge in [-0.2, -0.15) is 0 Å². The van der Waals surface area contributed by atoms with Gasteiger partial charge in [-0.15, -0.1) is 0 Å². The third-order valence-electron chi connectivity index (χ3n) is 2.23. The molecule has 0 aromatic heterocycles. The Morgan fingerprint density at radius 1 is 1.55 bits per heavy atom. The molecule has 1 saturated heterocycles. The molecular weight excluding hydrogens is 138 g/mol. The van der Waals surface area contributed by atoms with E-state index in [2.05, 4.69) is 14.3 Å². The van der Waals surface area contributed by atoms with Gasteiger partial charge in [-0.3, -0.25) is 0 Å². The molecule has 60 valence electrons. The zero-order valence-electron chi connectivity index (χ0n) is 7.25. The van der Waals surface area contributed by atoms with Gasteiger partial charge < -0.3 is 0 Å². The second kappa shape index (κ2) is 4.05. The first-order chi connectivity index (χ1) is 5.25. The summed E-state index contributed by atoms with van der Waals surface area (Å²) in [7, 11) is 5.05. The third kappa shape index (κ3) is 2.16. The van der Waals surface area contributed by atoms with Crippen molar-refractivity contribution < 1.29 is 9.39 Å². The molecule has 1 heterocycles. The van der Waals surface area contributed by atoms with Crippen molar-refractivity contribution in [3.05, 3.63) is 0 Å². The summed E-state index contributed by atoms with van der Waals surface area (Å²) in [6, 6.07) is 0. The van der Waals surface area contributed by atoms with Crippen LogP contribution in [0.2, 0.25) is 0 Å². The normalized spacial score (nSPS) is 37.7. The van der Waals surface area contributed by atoms with Gasteiger partial charge in [0.15, 0.2) is 0 Å². The van der Waals surface area contributed by atoms with Crippen LogP contribution in [0.4, 0.5) is 0 Å². The van der Waals surface area contributed by atoms with E-state index < -0.39 is 0 Å². The summed E-state index contributed by atoms with van der Waals surface area (Å²) in [4.78, 5) is 0. The fourth-order valence-electron chi connectivity index (χ4n) is 1.52. The van der Waals surface area contributed by atoms with E-state index >= 15 is 0 Å². The monoisotopic (exact) mass is 152 g/mol. The molecule has 0 aromatic rings. The van der Waals surface area contributed by atoms with Crippen molar-refractivity contribution in [1.82, 2.24) is 0 Å². The Morgan fingerprint density at radius 2 is 2.27 bits per heavy atom. The summed E-state index contributed by atoms with van der Waals surface area (Å²) in [5.74, 6) is 0.580. The summed E-state index contributed by atoms with van der Waals surface area (Å²) >= 11 is 0. The number of hydrogen-bond acceptors (Lipinski definition) is 2. The van der Waals surface area contributed by atoms with Crippen molar-refractivity contribution in [3.63, 3.8) is 0 Å². The average molecular weight is 152 g/mol. The van der Waals surface area contributed by atoms with E-state index in [1.807, 2.05) is 6.92 Å². The molecule has 11 heavy (non-hydrogen) atoms. The van der Waals surface area contributed by atoms with Crippen LogP contribution in [0.1, 0.15) is 20.3 Å². The first kappa shape index (κ1) is 8.98. The van der Waals surface area contributed by atoms with Crippen LogP contribution in [0.15, 0.2) is 0 Å². The molecule has 0 N–H and O–H groups in total. The molecule has 0 spiro atoms. The predicted octanol–water partition coefficient (Wildman–Crippen LogP) is 0.251. The van der Waals surface area contributed by atoms with Crippen molar-refractivity contribution >= 4 is 14.4 Å². The van der Waals surface area contributed by atoms with Gasteiger partial charge in [0.1, 0.15) is 0 Å². The Morgan fingerprint density at radius 3 is 2.82 bits per heavy atom.